The normalized spacial score (nSPS) is 16.7. The molecule has 6 heteroatoms. The standard InChI is InChI=1S/C21H23N5O/c1-3-9-22-18(6-1)15-26(16-19-7-5-11-27-19)14-17-12-24-21(25-13-17)20-8-2-4-10-23-20/h1-4,6,8-10,12-13,19H,5,7,11,14-16H2. The van der Waals surface area contributed by atoms with E-state index < -0.39 is 0 Å². The smallest absolute Gasteiger partial charge is 0.178 e. The summed E-state index contributed by atoms with van der Waals surface area (Å²) < 4.78 is 5.83. The summed E-state index contributed by atoms with van der Waals surface area (Å²) >= 11 is 0. The molecule has 0 amide bonds. The molecule has 27 heavy (non-hydrogen) atoms. The lowest BCUT2D eigenvalue weighted by Gasteiger charge is -2.24. The zero-order valence-electron chi connectivity index (χ0n) is 15.2. The van der Waals surface area contributed by atoms with Crippen molar-refractivity contribution in [2.24, 2.45) is 0 Å². The first-order valence-corrected chi connectivity index (χ1v) is 9.33. The third-order valence-corrected chi connectivity index (χ3v) is 4.60. The zero-order chi connectivity index (χ0) is 18.3. The lowest BCUT2D eigenvalue weighted by Crippen LogP contribution is -2.31. The second-order valence-corrected chi connectivity index (χ2v) is 6.76. The van der Waals surface area contributed by atoms with E-state index in [0.29, 0.717) is 11.9 Å². The highest BCUT2D eigenvalue weighted by molar-refractivity contribution is 5.47. The summed E-state index contributed by atoms with van der Waals surface area (Å²) in [5.74, 6) is 0.648. The van der Waals surface area contributed by atoms with Crippen LogP contribution in [0.4, 0.5) is 0 Å². The Hall–Kier alpha value is -2.70. The summed E-state index contributed by atoms with van der Waals surface area (Å²) in [5, 5.41) is 0. The molecule has 138 valence electrons. The molecule has 3 aromatic heterocycles. The lowest BCUT2D eigenvalue weighted by atomic mass is 10.2. The molecular formula is C21H23N5O. The van der Waals surface area contributed by atoms with Crippen molar-refractivity contribution in [3.8, 4) is 11.5 Å². The number of rotatable bonds is 7. The minimum atomic E-state index is 0.294. The van der Waals surface area contributed by atoms with E-state index in [-0.39, 0.29) is 0 Å². The van der Waals surface area contributed by atoms with Crippen molar-refractivity contribution < 1.29 is 4.74 Å². The Morgan fingerprint density at radius 1 is 0.926 bits per heavy atom. The fourth-order valence-electron chi connectivity index (χ4n) is 3.30. The van der Waals surface area contributed by atoms with E-state index in [1.54, 1.807) is 6.20 Å². The Morgan fingerprint density at radius 3 is 2.41 bits per heavy atom. The van der Waals surface area contributed by atoms with Crippen molar-refractivity contribution in [3.05, 3.63) is 72.4 Å². The van der Waals surface area contributed by atoms with Gasteiger partial charge >= 0.3 is 0 Å². The first-order valence-electron chi connectivity index (χ1n) is 9.33. The average molecular weight is 361 g/mol. The maximum absolute atomic E-state index is 5.83. The Kier molecular flexibility index (Phi) is 5.76. The summed E-state index contributed by atoms with van der Waals surface area (Å²) in [4.78, 5) is 20.1. The second kappa shape index (κ2) is 8.79. The van der Waals surface area contributed by atoms with Gasteiger partial charge < -0.3 is 4.74 Å². The number of hydrogen-bond donors (Lipinski definition) is 0. The van der Waals surface area contributed by atoms with E-state index in [1.807, 2.05) is 48.9 Å². The highest BCUT2D eigenvalue weighted by Gasteiger charge is 2.20. The van der Waals surface area contributed by atoms with E-state index in [0.717, 1.165) is 56.0 Å². The van der Waals surface area contributed by atoms with E-state index >= 15 is 0 Å². The van der Waals surface area contributed by atoms with Gasteiger partial charge in [0.25, 0.3) is 0 Å². The molecule has 4 rings (SSSR count). The number of nitrogens with zero attached hydrogens (tertiary/aromatic N) is 5. The fraction of sp³-hybridized carbons (Fsp3) is 0.333. The lowest BCUT2D eigenvalue weighted by molar-refractivity contribution is 0.0674. The summed E-state index contributed by atoms with van der Waals surface area (Å²) in [6.45, 7) is 3.30. The highest BCUT2D eigenvalue weighted by Crippen LogP contribution is 2.17. The SMILES string of the molecule is c1ccc(CN(Cc2cnc(-c3ccccn3)nc2)CC2CCCO2)nc1. The molecule has 0 aromatic carbocycles. The minimum Gasteiger partial charge on any atom is -0.377 e. The molecule has 0 saturated carbocycles. The van der Waals surface area contributed by atoms with Crippen LogP contribution in [0.5, 0.6) is 0 Å². The van der Waals surface area contributed by atoms with Crippen molar-refractivity contribution in [1.29, 1.82) is 0 Å². The summed E-state index contributed by atoms with van der Waals surface area (Å²) in [5.41, 5.74) is 2.92. The maximum Gasteiger partial charge on any atom is 0.178 e. The molecule has 0 aliphatic carbocycles. The molecule has 0 spiro atoms. The van der Waals surface area contributed by atoms with Gasteiger partial charge in [0.1, 0.15) is 5.69 Å². The molecule has 0 bridgehead atoms. The van der Waals surface area contributed by atoms with Gasteiger partial charge in [-0.2, -0.15) is 0 Å². The van der Waals surface area contributed by atoms with Crippen LogP contribution in [0.2, 0.25) is 0 Å². The van der Waals surface area contributed by atoms with Crippen molar-refractivity contribution in [1.82, 2.24) is 24.8 Å². The summed E-state index contributed by atoms with van der Waals surface area (Å²) in [7, 11) is 0. The number of pyridine rings is 2. The summed E-state index contributed by atoms with van der Waals surface area (Å²) in [6.07, 6.45) is 9.92. The topological polar surface area (TPSA) is 64.0 Å². The van der Waals surface area contributed by atoms with Gasteiger partial charge in [-0.3, -0.25) is 14.9 Å². The van der Waals surface area contributed by atoms with Crippen molar-refractivity contribution in [2.45, 2.75) is 32.0 Å². The maximum atomic E-state index is 5.83. The van der Waals surface area contributed by atoms with Gasteiger partial charge in [-0.15, -0.1) is 0 Å². The van der Waals surface area contributed by atoms with Crippen LogP contribution in [0, 0.1) is 0 Å². The fourth-order valence-corrected chi connectivity index (χ4v) is 3.30. The molecule has 3 aromatic rings. The van der Waals surface area contributed by atoms with Gasteiger partial charge in [0.15, 0.2) is 5.82 Å². The quantitative estimate of drug-likeness (QED) is 0.644. The molecule has 6 nitrogen and oxygen atoms in total. The van der Waals surface area contributed by atoms with Gasteiger partial charge in [-0.25, -0.2) is 9.97 Å². The van der Waals surface area contributed by atoms with Gasteiger partial charge in [0.05, 0.1) is 11.8 Å². The van der Waals surface area contributed by atoms with Crippen molar-refractivity contribution in [3.63, 3.8) is 0 Å². The molecule has 0 N–H and O–H groups in total. The Labute approximate surface area is 159 Å². The predicted octanol–water partition coefficient (Wildman–Crippen LogP) is 3.11. The zero-order valence-corrected chi connectivity index (χ0v) is 15.2. The Bertz CT molecular complexity index is 820. The van der Waals surface area contributed by atoms with Gasteiger partial charge in [0.2, 0.25) is 0 Å². The molecule has 1 fully saturated rings. The largest absolute Gasteiger partial charge is 0.377 e. The number of aromatic nitrogens is 4. The van der Waals surface area contributed by atoms with Crippen LogP contribution >= 0.6 is 0 Å². The van der Waals surface area contributed by atoms with Crippen LogP contribution in [0.15, 0.2) is 61.2 Å². The molecule has 0 radical (unpaired) electrons. The monoisotopic (exact) mass is 361 g/mol. The second-order valence-electron chi connectivity index (χ2n) is 6.76. The van der Waals surface area contributed by atoms with E-state index in [4.69, 9.17) is 4.74 Å². The third-order valence-electron chi connectivity index (χ3n) is 4.60. The van der Waals surface area contributed by atoms with E-state index in [2.05, 4.69) is 30.9 Å². The predicted molar refractivity (Wildman–Crippen MR) is 103 cm³/mol. The van der Waals surface area contributed by atoms with Crippen LogP contribution in [0.1, 0.15) is 24.1 Å². The molecule has 1 atom stereocenters. The highest BCUT2D eigenvalue weighted by atomic mass is 16.5. The molecule has 1 unspecified atom stereocenters. The first kappa shape index (κ1) is 17.7. The van der Waals surface area contributed by atoms with Crippen molar-refractivity contribution >= 4 is 0 Å². The first-order chi connectivity index (χ1) is 13.4. The van der Waals surface area contributed by atoms with E-state index in [9.17, 15) is 0 Å². The Balaban J connectivity index is 1.46. The minimum absolute atomic E-state index is 0.294. The van der Waals surface area contributed by atoms with E-state index in [1.165, 1.54) is 0 Å². The molecule has 1 saturated heterocycles. The molecular weight excluding hydrogens is 338 g/mol. The van der Waals surface area contributed by atoms with Crippen molar-refractivity contribution in [2.75, 3.05) is 13.2 Å². The van der Waals surface area contributed by atoms with Gasteiger partial charge in [-0.1, -0.05) is 12.1 Å². The molecule has 1 aliphatic heterocycles. The van der Waals surface area contributed by atoms with Crippen LogP contribution < -0.4 is 0 Å². The van der Waals surface area contributed by atoms with Gasteiger partial charge in [0, 0.05) is 56.6 Å². The summed E-state index contributed by atoms with van der Waals surface area (Å²) in [6, 6.07) is 11.8. The number of hydrogen-bond acceptors (Lipinski definition) is 6. The third kappa shape index (κ3) is 4.93. The Morgan fingerprint density at radius 2 is 1.74 bits per heavy atom. The van der Waals surface area contributed by atoms with Gasteiger partial charge in [-0.05, 0) is 37.1 Å². The average Bonchev–Trinajstić information content (AvgIpc) is 3.23. The molecule has 4 heterocycles. The van der Waals surface area contributed by atoms with Crippen LogP contribution in [-0.2, 0) is 17.8 Å². The van der Waals surface area contributed by atoms with Crippen LogP contribution in [0.3, 0.4) is 0 Å². The van der Waals surface area contributed by atoms with Crippen LogP contribution in [-0.4, -0.2) is 44.1 Å². The molecule has 1 aliphatic rings. The van der Waals surface area contributed by atoms with Crippen LogP contribution in [0.25, 0.3) is 11.5 Å². The number of ether oxygens (including phenoxy) is 1.